The number of nitrogens with one attached hydrogen (secondary N) is 3. The summed E-state index contributed by atoms with van der Waals surface area (Å²) in [6.45, 7) is 4.59. The second kappa shape index (κ2) is 20.9. The van der Waals surface area contributed by atoms with Crippen LogP contribution in [0.15, 0.2) is 66.9 Å². The highest BCUT2D eigenvalue weighted by atomic mass is 32.1. The van der Waals surface area contributed by atoms with Crippen LogP contribution in [0.2, 0.25) is 0 Å². The zero-order valence-corrected chi connectivity index (χ0v) is 38.0. The third kappa shape index (κ3) is 10.7. The molecule has 9 rings (SSSR count). The molecule has 21 heteroatoms. The molecule has 19 nitrogen and oxygen atoms in total. The maximum Gasteiger partial charge on any atom is 0.355 e. The number of carboxylic acid groups (broad SMARTS) is 1. The van der Waals surface area contributed by atoms with Crippen LogP contribution >= 0.6 is 22.7 Å². The Morgan fingerprint density at radius 2 is 1.70 bits per heavy atom. The Labute approximate surface area is 392 Å². The Hall–Kier alpha value is -6.65. The highest BCUT2D eigenvalue weighted by molar-refractivity contribution is 7.22. The van der Waals surface area contributed by atoms with Crippen molar-refractivity contribution in [2.24, 2.45) is 0 Å². The summed E-state index contributed by atoms with van der Waals surface area (Å²) in [6.07, 6.45) is 4.14. The molecule has 67 heavy (non-hydrogen) atoms. The molecule has 1 unspecified atom stereocenters. The van der Waals surface area contributed by atoms with Crippen molar-refractivity contribution in [3.63, 3.8) is 0 Å². The quantitative estimate of drug-likeness (QED) is 0.0555. The average molecular weight is 949 g/mol. The van der Waals surface area contributed by atoms with Gasteiger partial charge in [-0.15, -0.1) is 16.4 Å². The van der Waals surface area contributed by atoms with Gasteiger partial charge in [-0.2, -0.15) is 0 Å². The summed E-state index contributed by atoms with van der Waals surface area (Å²) in [5.41, 5.74) is 6.25. The maximum atomic E-state index is 13.5. The summed E-state index contributed by atoms with van der Waals surface area (Å²) in [5, 5.41) is 28.3. The molecule has 1 fully saturated rings. The highest BCUT2D eigenvalue weighted by Crippen LogP contribution is 2.35. The number of thiazole rings is 2. The molecule has 3 aromatic heterocycles. The van der Waals surface area contributed by atoms with Gasteiger partial charge in [0.2, 0.25) is 11.8 Å². The first kappa shape index (κ1) is 45.5. The van der Waals surface area contributed by atoms with Gasteiger partial charge in [0.05, 0.1) is 56.1 Å². The molecule has 3 aromatic carbocycles. The monoisotopic (exact) mass is 948 g/mol. The molecule has 3 aliphatic rings. The lowest BCUT2D eigenvalue weighted by atomic mass is 9.94. The van der Waals surface area contributed by atoms with Gasteiger partial charge in [-0.1, -0.05) is 46.9 Å². The van der Waals surface area contributed by atoms with Gasteiger partial charge in [0.15, 0.2) is 16.0 Å². The second-order valence-electron chi connectivity index (χ2n) is 16.1. The average Bonchev–Trinajstić information content (AvgIpc) is 4.14. The SMILES string of the molecule is O=C1CCC(N2Cc3c(NCCOCCOCCOCc4cn(CCCc5sc(N6CCc7cccc(C(=O)Nc8nc9ccccc9s8)c7C6)nc5C(=O)O)nn4)cccc3C2=O)C(=O)N1. The Bertz CT molecular complexity index is 2780. The summed E-state index contributed by atoms with van der Waals surface area (Å²) in [4.78, 5) is 76.2. The predicted molar refractivity (Wildman–Crippen MR) is 248 cm³/mol. The molecule has 0 radical (unpaired) electrons. The van der Waals surface area contributed by atoms with Gasteiger partial charge in [0, 0.05) is 66.4 Å². The molecule has 4 amide bonds. The first-order chi connectivity index (χ1) is 32.7. The number of imide groups is 1. The number of amides is 4. The Morgan fingerprint density at radius 3 is 2.54 bits per heavy atom. The van der Waals surface area contributed by atoms with Crippen LogP contribution in [-0.2, 0) is 62.9 Å². The molecule has 348 valence electrons. The molecule has 6 aromatic rings. The topological polar surface area (TPSA) is 232 Å². The zero-order chi connectivity index (χ0) is 46.3. The minimum Gasteiger partial charge on any atom is -0.476 e. The van der Waals surface area contributed by atoms with Crippen LogP contribution in [0.1, 0.15) is 77.7 Å². The number of nitrogens with zero attached hydrogens (tertiary/aromatic N) is 7. The van der Waals surface area contributed by atoms with E-state index in [4.69, 9.17) is 14.2 Å². The molecule has 0 aliphatic carbocycles. The number of aromatic carboxylic acids is 1. The number of para-hydroxylation sites is 1. The van der Waals surface area contributed by atoms with E-state index in [1.807, 2.05) is 59.6 Å². The lowest BCUT2D eigenvalue weighted by molar-refractivity contribution is -0.136. The number of carbonyl (C=O) groups is 5. The number of hydrogen-bond donors (Lipinski definition) is 4. The minimum absolute atomic E-state index is 0.0411. The molecule has 4 N–H and O–H groups in total. The fourth-order valence-corrected chi connectivity index (χ4v) is 10.4. The zero-order valence-electron chi connectivity index (χ0n) is 36.4. The van der Waals surface area contributed by atoms with Crippen LogP contribution in [0.4, 0.5) is 16.0 Å². The van der Waals surface area contributed by atoms with Crippen molar-refractivity contribution in [2.75, 3.05) is 61.7 Å². The van der Waals surface area contributed by atoms with Crippen LogP contribution in [0.25, 0.3) is 10.2 Å². The van der Waals surface area contributed by atoms with Crippen molar-refractivity contribution < 1.29 is 43.3 Å². The lowest BCUT2D eigenvalue weighted by Crippen LogP contribution is -2.52. The van der Waals surface area contributed by atoms with E-state index in [0.717, 1.165) is 32.6 Å². The van der Waals surface area contributed by atoms with Gasteiger partial charge < -0.3 is 34.4 Å². The number of fused-ring (bicyclic) bond motifs is 3. The molecular weight excluding hydrogens is 901 g/mol. The Kier molecular flexibility index (Phi) is 14.2. The van der Waals surface area contributed by atoms with Crippen molar-refractivity contribution in [3.05, 3.63) is 111 Å². The minimum atomic E-state index is -1.08. The third-order valence-electron chi connectivity index (χ3n) is 11.7. The predicted octanol–water partition coefficient (Wildman–Crippen LogP) is 4.91. The van der Waals surface area contributed by atoms with Crippen LogP contribution in [0, 0.1) is 0 Å². The molecule has 1 saturated heterocycles. The van der Waals surface area contributed by atoms with Crippen LogP contribution in [0.5, 0.6) is 0 Å². The summed E-state index contributed by atoms with van der Waals surface area (Å²) in [6, 6.07) is 18.3. The van der Waals surface area contributed by atoms with Crippen molar-refractivity contribution >= 4 is 78.4 Å². The molecule has 1 atom stereocenters. The molecule has 3 aliphatic heterocycles. The van der Waals surface area contributed by atoms with E-state index in [9.17, 15) is 29.1 Å². The van der Waals surface area contributed by atoms with Gasteiger partial charge in [-0.25, -0.2) is 14.8 Å². The molecule has 0 bridgehead atoms. The van der Waals surface area contributed by atoms with Gasteiger partial charge >= 0.3 is 5.97 Å². The smallest absolute Gasteiger partial charge is 0.355 e. The summed E-state index contributed by atoms with van der Waals surface area (Å²) >= 11 is 2.79. The van der Waals surface area contributed by atoms with E-state index in [0.29, 0.717) is 123 Å². The standard InChI is InChI=1S/C46H48N10O9S2/c57-39-14-13-36(42(59)49-39)56-26-33-31(43(56)60)8-4-10-34(33)47-16-19-63-20-21-64-22-23-65-27-29-24-55(53-52-29)17-5-12-38-40(44(61)62)50-46(67-38)54-18-15-28-6-3-7-30(32(28)25-54)41(58)51-45-48-35-9-1-2-11-37(35)66-45/h1-4,6-11,24,36,47H,5,12-23,25-27H2,(H,61,62)(H,48,51,58)(H,49,57,59). The number of rotatable bonds is 21. The third-order valence-corrected chi connectivity index (χ3v) is 13.8. The van der Waals surface area contributed by atoms with E-state index in [1.165, 1.54) is 27.6 Å². The van der Waals surface area contributed by atoms with Gasteiger partial charge in [0.25, 0.3) is 11.8 Å². The van der Waals surface area contributed by atoms with Crippen LogP contribution < -0.4 is 20.9 Å². The van der Waals surface area contributed by atoms with E-state index >= 15 is 0 Å². The lowest BCUT2D eigenvalue weighted by Gasteiger charge is -2.29. The van der Waals surface area contributed by atoms with Crippen molar-refractivity contribution in [1.82, 2.24) is 35.2 Å². The van der Waals surface area contributed by atoms with Gasteiger partial charge in [0.1, 0.15) is 11.7 Å². The number of carbonyl (C=O) groups excluding carboxylic acids is 4. The maximum absolute atomic E-state index is 13.5. The molecule has 0 spiro atoms. The Balaban J connectivity index is 0.661. The number of benzene rings is 3. The van der Waals surface area contributed by atoms with E-state index in [1.54, 1.807) is 16.8 Å². The molecule has 0 saturated carbocycles. The number of aromatic nitrogens is 5. The number of aryl methyl sites for hydroxylation is 2. The number of carboxylic acids is 1. The highest BCUT2D eigenvalue weighted by Gasteiger charge is 2.40. The molecule has 6 heterocycles. The van der Waals surface area contributed by atoms with Crippen molar-refractivity contribution in [3.8, 4) is 0 Å². The van der Waals surface area contributed by atoms with Crippen molar-refractivity contribution in [1.29, 1.82) is 0 Å². The summed E-state index contributed by atoms with van der Waals surface area (Å²) in [5.74, 6) is -2.28. The normalized spacial score (nSPS) is 15.8. The molecular formula is C46H48N10O9S2. The van der Waals surface area contributed by atoms with Gasteiger partial charge in [-0.05, 0) is 67.1 Å². The van der Waals surface area contributed by atoms with Gasteiger partial charge in [-0.3, -0.25) is 34.5 Å². The second-order valence-corrected chi connectivity index (χ2v) is 18.2. The first-order valence-electron chi connectivity index (χ1n) is 22.1. The fraction of sp³-hybridized carbons (Fsp3) is 0.370. The number of hydrogen-bond acceptors (Lipinski definition) is 16. The van der Waals surface area contributed by atoms with E-state index in [-0.39, 0.29) is 36.4 Å². The first-order valence-corrected chi connectivity index (χ1v) is 23.7. The number of ether oxygens (including phenoxy) is 3. The van der Waals surface area contributed by atoms with E-state index in [2.05, 4.69) is 36.2 Å². The van der Waals surface area contributed by atoms with Crippen LogP contribution in [0.3, 0.4) is 0 Å². The van der Waals surface area contributed by atoms with Crippen molar-refractivity contribution in [2.45, 2.75) is 64.4 Å². The Morgan fingerprint density at radius 1 is 0.881 bits per heavy atom. The van der Waals surface area contributed by atoms with E-state index < -0.39 is 17.9 Å². The number of piperidine rings is 1. The fourth-order valence-electron chi connectivity index (χ4n) is 8.40. The largest absolute Gasteiger partial charge is 0.476 e. The number of anilines is 3. The summed E-state index contributed by atoms with van der Waals surface area (Å²) in [7, 11) is 0. The summed E-state index contributed by atoms with van der Waals surface area (Å²) < 4.78 is 19.8. The van der Waals surface area contributed by atoms with Crippen LogP contribution in [-0.4, -0.2) is 117 Å².